The summed E-state index contributed by atoms with van der Waals surface area (Å²) in [6.07, 6.45) is 1.19. The van der Waals surface area contributed by atoms with E-state index in [1.54, 1.807) is 12.1 Å². The molecule has 112 valence electrons. The second-order valence-electron chi connectivity index (χ2n) is 4.17. The number of carboxylic acid groups (broad SMARTS) is 1. The average Bonchev–Trinajstić information content (AvgIpc) is 2.94. The summed E-state index contributed by atoms with van der Waals surface area (Å²) in [6, 6.07) is 6.03. The normalized spacial score (nSPS) is 11.3. The number of aromatic carboxylic acids is 1. The maximum atomic E-state index is 12.1. The van der Waals surface area contributed by atoms with Crippen molar-refractivity contribution in [3.05, 3.63) is 36.2 Å². The second-order valence-corrected chi connectivity index (χ2v) is 6.28. The highest BCUT2D eigenvalue weighted by Gasteiger charge is 2.16. The SMILES string of the molecule is COc1ccc(S(=O)(=O)CCn2cc(C(=O)O)nn2)cc1. The van der Waals surface area contributed by atoms with Crippen molar-refractivity contribution in [2.75, 3.05) is 12.9 Å². The van der Waals surface area contributed by atoms with Crippen LogP contribution < -0.4 is 4.74 Å². The summed E-state index contributed by atoms with van der Waals surface area (Å²) in [7, 11) is -1.99. The van der Waals surface area contributed by atoms with Crippen LogP contribution in [0.25, 0.3) is 0 Å². The molecule has 0 unspecified atom stereocenters. The van der Waals surface area contributed by atoms with E-state index < -0.39 is 15.8 Å². The summed E-state index contributed by atoms with van der Waals surface area (Å²) in [5, 5.41) is 15.7. The Bertz CT molecular complexity index is 737. The van der Waals surface area contributed by atoms with Gasteiger partial charge in [0.2, 0.25) is 0 Å². The van der Waals surface area contributed by atoms with Crippen molar-refractivity contribution in [1.82, 2.24) is 15.0 Å². The molecule has 0 atom stereocenters. The van der Waals surface area contributed by atoms with Crippen molar-refractivity contribution in [3.63, 3.8) is 0 Å². The molecule has 0 spiro atoms. The molecular formula is C12H13N3O5S. The summed E-state index contributed by atoms with van der Waals surface area (Å²) in [5.74, 6) is -0.850. The van der Waals surface area contributed by atoms with Crippen LogP contribution in [0.4, 0.5) is 0 Å². The van der Waals surface area contributed by atoms with Gasteiger partial charge < -0.3 is 9.84 Å². The molecule has 0 aliphatic heterocycles. The predicted octanol–water partition coefficient (Wildman–Crippen LogP) is 0.459. The number of aromatic nitrogens is 3. The molecule has 1 heterocycles. The summed E-state index contributed by atoms with van der Waals surface area (Å²) >= 11 is 0. The number of benzene rings is 1. The summed E-state index contributed by atoms with van der Waals surface area (Å²) in [5.41, 5.74) is -0.225. The van der Waals surface area contributed by atoms with Crippen LogP contribution in [0, 0.1) is 0 Å². The number of hydrogen-bond donors (Lipinski definition) is 1. The topological polar surface area (TPSA) is 111 Å². The zero-order valence-electron chi connectivity index (χ0n) is 11.1. The molecule has 2 aromatic rings. The molecule has 0 saturated carbocycles. The Morgan fingerprint density at radius 3 is 2.52 bits per heavy atom. The zero-order valence-corrected chi connectivity index (χ0v) is 11.9. The van der Waals surface area contributed by atoms with Crippen molar-refractivity contribution in [3.8, 4) is 5.75 Å². The Morgan fingerprint density at radius 2 is 2.00 bits per heavy atom. The Labute approximate surface area is 120 Å². The molecule has 0 fully saturated rings. The largest absolute Gasteiger partial charge is 0.497 e. The van der Waals surface area contributed by atoms with Crippen LogP contribution in [0.5, 0.6) is 5.75 Å². The third-order valence-corrected chi connectivity index (χ3v) is 4.48. The first kappa shape index (κ1) is 15.0. The predicted molar refractivity (Wildman–Crippen MR) is 72.0 cm³/mol. The van der Waals surface area contributed by atoms with Crippen molar-refractivity contribution >= 4 is 15.8 Å². The summed E-state index contributed by atoms with van der Waals surface area (Å²) in [6.45, 7) is 0.0225. The van der Waals surface area contributed by atoms with E-state index in [1.165, 1.54) is 30.1 Å². The summed E-state index contributed by atoms with van der Waals surface area (Å²) < 4.78 is 30.4. The van der Waals surface area contributed by atoms with Gasteiger partial charge in [-0.1, -0.05) is 5.21 Å². The van der Waals surface area contributed by atoms with Gasteiger partial charge in [-0.05, 0) is 24.3 Å². The van der Waals surface area contributed by atoms with Gasteiger partial charge in [0.25, 0.3) is 0 Å². The van der Waals surface area contributed by atoms with E-state index in [4.69, 9.17) is 9.84 Å². The summed E-state index contributed by atoms with van der Waals surface area (Å²) in [4.78, 5) is 10.8. The van der Waals surface area contributed by atoms with Gasteiger partial charge in [-0.3, -0.25) is 4.68 Å². The van der Waals surface area contributed by atoms with Crippen LogP contribution in [0.1, 0.15) is 10.5 Å². The van der Waals surface area contributed by atoms with Crippen molar-refractivity contribution in [2.24, 2.45) is 0 Å². The highest BCUT2D eigenvalue weighted by atomic mass is 32.2. The van der Waals surface area contributed by atoms with Gasteiger partial charge in [0.15, 0.2) is 15.5 Å². The molecule has 1 N–H and O–H groups in total. The van der Waals surface area contributed by atoms with Gasteiger partial charge in [0.1, 0.15) is 5.75 Å². The maximum Gasteiger partial charge on any atom is 0.358 e. The van der Waals surface area contributed by atoms with Crippen molar-refractivity contribution in [1.29, 1.82) is 0 Å². The molecule has 8 nitrogen and oxygen atoms in total. The van der Waals surface area contributed by atoms with Crippen LogP contribution in [0.3, 0.4) is 0 Å². The number of nitrogens with zero attached hydrogens (tertiary/aromatic N) is 3. The number of rotatable bonds is 6. The Morgan fingerprint density at radius 1 is 1.33 bits per heavy atom. The van der Waals surface area contributed by atoms with E-state index in [0.717, 1.165) is 0 Å². The van der Waals surface area contributed by atoms with Crippen molar-refractivity contribution < 1.29 is 23.1 Å². The van der Waals surface area contributed by atoms with Crippen LogP contribution in [0.15, 0.2) is 35.4 Å². The molecule has 0 aliphatic carbocycles. The molecule has 9 heteroatoms. The standard InChI is InChI=1S/C12H13N3O5S/c1-20-9-2-4-10(5-3-9)21(18,19)7-6-15-8-11(12(16)17)13-14-15/h2-5,8H,6-7H2,1H3,(H,16,17). The number of carboxylic acids is 1. The molecule has 21 heavy (non-hydrogen) atoms. The fraction of sp³-hybridized carbons (Fsp3) is 0.250. The molecule has 0 amide bonds. The highest BCUT2D eigenvalue weighted by molar-refractivity contribution is 7.91. The van der Waals surface area contributed by atoms with E-state index >= 15 is 0 Å². The molecule has 0 radical (unpaired) electrons. The fourth-order valence-electron chi connectivity index (χ4n) is 1.62. The molecule has 2 rings (SSSR count). The van der Waals surface area contributed by atoms with E-state index in [1.807, 2.05) is 0 Å². The minimum absolute atomic E-state index is 0.0225. The minimum Gasteiger partial charge on any atom is -0.497 e. The van der Waals surface area contributed by atoms with E-state index in [-0.39, 0.29) is 22.9 Å². The highest BCUT2D eigenvalue weighted by Crippen LogP contribution is 2.16. The van der Waals surface area contributed by atoms with Crippen LogP contribution >= 0.6 is 0 Å². The Hall–Kier alpha value is -2.42. The van der Waals surface area contributed by atoms with Gasteiger partial charge in [0, 0.05) is 0 Å². The van der Waals surface area contributed by atoms with Gasteiger partial charge in [-0.25, -0.2) is 13.2 Å². The Kier molecular flexibility index (Phi) is 4.22. The van der Waals surface area contributed by atoms with E-state index in [2.05, 4.69) is 10.3 Å². The third kappa shape index (κ3) is 3.57. The van der Waals surface area contributed by atoms with Crippen molar-refractivity contribution in [2.45, 2.75) is 11.4 Å². The van der Waals surface area contributed by atoms with Crippen LogP contribution in [0.2, 0.25) is 0 Å². The van der Waals surface area contributed by atoms with Crippen LogP contribution in [-0.4, -0.2) is 47.4 Å². The van der Waals surface area contributed by atoms with Gasteiger partial charge >= 0.3 is 5.97 Å². The molecular weight excluding hydrogens is 298 g/mol. The van der Waals surface area contributed by atoms with Gasteiger partial charge in [-0.15, -0.1) is 5.10 Å². The maximum absolute atomic E-state index is 12.1. The Balaban J connectivity index is 2.07. The molecule has 0 bridgehead atoms. The van der Waals surface area contributed by atoms with E-state index in [9.17, 15) is 13.2 Å². The second kappa shape index (κ2) is 5.92. The average molecular weight is 311 g/mol. The van der Waals surface area contributed by atoms with Gasteiger partial charge in [-0.2, -0.15) is 0 Å². The minimum atomic E-state index is -3.49. The lowest BCUT2D eigenvalue weighted by atomic mass is 10.3. The van der Waals surface area contributed by atoms with Gasteiger partial charge in [0.05, 0.1) is 30.5 Å². The number of ether oxygens (including phenoxy) is 1. The number of aryl methyl sites for hydroxylation is 1. The molecule has 0 saturated heterocycles. The first-order valence-electron chi connectivity index (χ1n) is 5.92. The smallest absolute Gasteiger partial charge is 0.358 e. The molecule has 1 aromatic heterocycles. The quantitative estimate of drug-likeness (QED) is 0.824. The number of hydrogen-bond acceptors (Lipinski definition) is 6. The third-order valence-electron chi connectivity index (χ3n) is 2.77. The zero-order chi connectivity index (χ0) is 15.5. The van der Waals surface area contributed by atoms with Crippen LogP contribution in [-0.2, 0) is 16.4 Å². The fourth-order valence-corrected chi connectivity index (χ4v) is 2.83. The lowest BCUT2D eigenvalue weighted by Gasteiger charge is -2.05. The van der Waals surface area contributed by atoms with E-state index in [0.29, 0.717) is 5.75 Å². The molecule has 0 aliphatic rings. The molecule has 1 aromatic carbocycles. The number of sulfone groups is 1. The first-order valence-corrected chi connectivity index (χ1v) is 7.58. The number of methoxy groups -OCH3 is 1. The first-order chi connectivity index (χ1) is 9.92. The number of carbonyl (C=O) groups is 1. The lowest BCUT2D eigenvalue weighted by molar-refractivity contribution is 0.0690. The monoisotopic (exact) mass is 311 g/mol. The lowest BCUT2D eigenvalue weighted by Crippen LogP contribution is -2.13.